The molecule has 156 valence electrons. The minimum Gasteiger partial charge on any atom is -0.383 e. The number of sulfonamides is 1. The Kier molecular flexibility index (Phi) is 6.44. The average Bonchev–Trinajstić information content (AvgIpc) is 2.78. The van der Waals surface area contributed by atoms with Gasteiger partial charge < -0.3 is 16.5 Å². The van der Waals surface area contributed by atoms with Crippen molar-refractivity contribution in [1.82, 2.24) is 14.6 Å². The predicted octanol–water partition coefficient (Wildman–Crippen LogP) is 1.52. The second kappa shape index (κ2) is 9.02. The van der Waals surface area contributed by atoms with E-state index >= 15 is 0 Å². The van der Waals surface area contributed by atoms with E-state index in [4.69, 9.17) is 16.4 Å². The summed E-state index contributed by atoms with van der Waals surface area (Å²) in [5.74, 6) is -0.286. The summed E-state index contributed by atoms with van der Waals surface area (Å²) in [6.45, 7) is 0.883. The molecule has 1 aliphatic rings. The number of carbonyl (C=O) groups is 1. The Balaban J connectivity index is 1.62. The van der Waals surface area contributed by atoms with Crippen molar-refractivity contribution in [3.05, 3.63) is 53.2 Å². The maximum Gasteiger partial charge on any atom is 0.253 e. The van der Waals surface area contributed by atoms with Crippen LogP contribution in [0.15, 0.2) is 41.4 Å². The van der Waals surface area contributed by atoms with Gasteiger partial charge in [-0.1, -0.05) is 12.1 Å². The van der Waals surface area contributed by atoms with E-state index in [9.17, 15) is 13.2 Å². The van der Waals surface area contributed by atoms with Gasteiger partial charge in [0.15, 0.2) is 0 Å². The van der Waals surface area contributed by atoms with Gasteiger partial charge in [0.25, 0.3) is 5.91 Å². The molecule has 1 fully saturated rings. The zero-order valence-electron chi connectivity index (χ0n) is 16.2. The summed E-state index contributed by atoms with van der Waals surface area (Å²) < 4.78 is 27.0. The summed E-state index contributed by atoms with van der Waals surface area (Å²) in [5.41, 5.74) is 7.00. The molecular weight excluding hydrogens is 404 g/mol. The first-order valence-electron chi connectivity index (χ1n) is 9.38. The number of carbonyl (C=O) groups excluding carboxylic acids is 1. The molecule has 1 aliphatic heterocycles. The van der Waals surface area contributed by atoms with Crippen LogP contribution in [0, 0.1) is 22.7 Å². The smallest absolute Gasteiger partial charge is 0.253 e. The summed E-state index contributed by atoms with van der Waals surface area (Å²) in [5, 5.41) is 19.0. The van der Waals surface area contributed by atoms with E-state index in [2.05, 4.69) is 16.4 Å². The van der Waals surface area contributed by atoms with Gasteiger partial charge in [0, 0.05) is 43.5 Å². The summed E-state index contributed by atoms with van der Waals surface area (Å²) in [6.07, 6.45) is 3.45. The lowest BCUT2D eigenvalue weighted by atomic mass is 10.0. The Hall–Kier alpha value is -3.29. The van der Waals surface area contributed by atoms with Crippen LogP contribution in [0.1, 0.15) is 34.3 Å². The molecule has 30 heavy (non-hydrogen) atoms. The van der Waals surface area contributed by atoms with Crippen molar-refractivity contribution in [3.8, 4) is 6.07 Å². The van der Waals surface area contributed by atoms with Crippen LogP contribution >= 0.6 is 0 Å². The molecule has 9 nitrogen and oxygen atoms in total. The number of rotatable bonds is 6. The predicted molar refractivity (Wildman–Crippen MR) is 111 cm³/mol. The zero-order chi connectivity index (χ0) is 21.7. The van der Waals surface area contributed by atoms with Crippen LogP contribution in [-0.2, 0) is 16.6 Å². The van der Waals surface area contributed by atoms with Crippen LogP contribution in [0.2, 0.25) is 0 Å². The Labute approximate surface area is 175 Å². The minimum atomic E-state index is -3.60. The van der Waals surface area contributed by atoms with Crippen LogP contribution in [0.3, 0.4) is 0 Å². The van der Waals surface area contributed by atoms with Gasteiger partial charge in [0.05, 0.1) is 16.5 Å². The van der Waals surface area contributed by atoms with Gasteiger partial charge in [0.1, 0.15) is 5.82 Å². The molecule has 1 aromatic carbocycles. The van der Waals surface area contributed by atoms with Crippen molar-refractivity contribution in [1.29, 1.82) is 10.7 Å². The maximum absolute atomic E-state index is 12.8. The lowest BCUT2D eigenvalue weighted by Gasteiger charge is -2.28. The SMILES string of the molecule is N#CC1CCN(S(=O)(=O)c2ccc(CNC(=O)c3cnc(N)c(C=N)c3)cc2)CC1. The summed E-state index contributed by atoms with van der Waals surface area (Å²) >= 11 is 0. The third kappa shape index (κ3) is 4.64. The highest BCUT2D eigenvalue weighted by molar-refractivity contribution is 7.89. The lowest BCUT2D eigenvalue weighted by molar-refractivity contribution is 0.0950. The van der Waals surface area contributed by atoms with Gasteiger partial charge in [-0.15, -0.1) is 0 Å². The number of hydrogen-bond donors (Lipinski definition) is 3. The number of hydrogen-bond acceptors (Lipinski definition) is 7. The van der Waals surface area contributed by atoms with Crippen molar-refractivity contribution < 1.29 is 13.2 Å². The van der Waals surface area contributed by atoms with Gasteiger partial charge in [-0.3, -0.25) is 4.79 Å². The molecule has 0 aliphatic carbocycles. The molecule has 10 heteroatoms. The number of anilines is 1. The van der Waals surface area contributed by atoms with E-state index < -0.39 is 10.0 Å². The minimum absolute atomic E-state index is 0.0891. The molecule has 0 unspecified atom stereocenters. The molecule has 2 aromatic rings. The molecular formula is C20H22N6O3S. The normalized spacial score (nSPS) is 15.3. The van der Waals surface area contributed by atoms with E-state index in [1.54, 1.807) is 12.1 Å². The molecule has 0 atom stereocenters. The van der Waals surface area contributed by atoms with Crippen molar-refractivity contribution in [3.63, 3.8) is 0 Å². The number of nitriles is 1. The van der Waals surface area contributed by atoms with Crippen LogP contribution in [0.5, 0.6) is 0 Å². The third-order valence-corrected chi connectivity index (χ3v) is 6.93. The van der Waals surface area contributed by atoms with Crippen molar-refractivity contribution in [2.75, 3.05) is 18.8 Å². The van der Waals surface area contributed by atoms with Crippen LogP contribution in [0.4, 0.5) is 5.82 Å². The maximum atomic E-state index is 12.8. The van der Waals surface area contributed by atoms with Crippen LogP contribution < -0.4 is 11.1 Å². The van der Waals surface area contributed by atoms with E-state index in [-0.39, 0.29) is 34.6 Å². The van der Waals surface area contributed by atoms with Crippen LogP contribution in [0.25, 0.3) is 0 Å². The van der Waals surface area contributed by atoms with Crippen molar-refractivity contribution >= 4 is 28.0 Å². The largest absolute Gasteiger partial charge is 0.383 e. The number of nitrogens with zero attached hydrogens (tertiary/aromatic N) is 3. The van der Waals surface area contributed by atoms with Crippen molar-refractivity contribution in [2.24, 2.45) is 5.92 Å². The summed E-state index contributed by atoms with van der Waals surface area (Å²) in [6, 6.07) is 10.0. The molecule has 3 rings (SSSR count). The standard InChI is InChI=1S/C20H22N6O3S/c21-10-14-5-7-26(8-6-14)30(28,29)18-3-1-15(2-4-18)12-25-20(27)17-9-16(11-22)19(23)24-13-17/h1-4,9,11,13-14,22H,5-8,12H2,(H2,23,24)(H,25,27). The molecule has 1 saturated heterocycles. The molecule has 0 radical (unpaired) electrons. The fourth-order valence-corrected chi connectivity index (χ4v) is 4.64. The second-order valence-corrected chi connectivity index (χ2v) is 8.91. The van der Waals surface area contributed by atoms with Crippen LogP contribution in [-0.4, -0.2) is 42.9 Å². The summed E-state index contributed by atoms with van der Waals surface area (Å²) in [4.78, 5) is 16.4. The Morgan fingerprint density at radius 2 is 2.00 bits per heavy atom. The monoisotopic (exact) mass is 426 g/mol. The quantitative estimate of drug-likeness (QED) is 0.595. The summed E-state index contributed by atoms with van der Waals surface area (Å²) in [7, 11) is -3.60. The molecule has 0 saturated carbocycles. The Morgan fingerprint density at radius 1 is 1.33 bits per heavy atom. The molecule has 0 spiro atoms. The number of piperidine rings is 1. The van der Waals surface area contributed by atoms with E-state index in [0.29, 0.717) is 31.5 Å². The lowest BCUT2D eigenvalue weighted by Crippen LogP contribution is -2.38. The number of nitrogens with one attached hydrogen (secondary N) is 2. The van der Waals surface area contributed by atoms with E-state index in [0.717, 1.165) is 11.8 Å². The second-order valence-electron chi connectivity index (χ2n) is 6.98. The number of amides is 1. The first-order valence-corrected chi connectivity index (χ1v) is 10.8. The van der Waals surface area contributed by atoms with E-state index in [1.807, 2.05) is 0 Å². The van der Waals surface area contributed by atoms with E-state index in [1.165, 1.54) is 28.7 Å². The number of pyridine rings is 1. The van der Waals surface area contributed by atoms with Gasteiger partial charge in [-0.05, 0) is 36.6 Å². The number of nitrogens with two attached hydrogens (primary N) is 1. The fourth-order valence-electron chi connectivity index (χ4n) is 3.17. The van der Waals surface area contributed by atoms with Gasteiger partial charge >= 0.3 is 0 Å². The van der Waals surface area contributed by atoms with Gasteiger partial charge in [-0.2, -0.15) is 9.57 Å². The zero-order valence-corrected chi connectivity index (χ0v) is 17.0. The van der Waals surface area contributed by atoms with Gasteiger partial charge in [-0.25, -0.2) is 13.4 Å². The number of benzene rings is 1. The highest BCUT2D eigenvalue weighted by Crippen LogP contribution is 2.23. The number of aromatic nitrogens is 1. The van der Waals surface area contributed by atoms with Gasteiger partial charge in [0.2, 0.25) is 10.0 Å². The van der Waals surface area contributed by atoms with Crippen molar-refractivity contribution in [2.45, 2.75) is 24.3 Å². The third-order valence-electron chi connectivity index (χ3n) is 5.02. The molecule has 2 heterocycles. The Bertz CT molecular complexity index is 1080. The first kappa shape index (κ1) is 21.4. The first-order chi connectivity index (χ1) is 14.3. The average molecular weight is 427 g/mol. The highest BCUT2D eigenvalue weighted by Gasteiger charge is 2.29. The molecule has 1 amide bonds. The number of nitrogen functional groups attached to an aromatic ring is 1. The topological polar surface area (TPSA) is 153 Å². The Morgan fingerprint density at radius 3 is 2.60 bits per heavy atom. The highest BCUT2D eigenvalue weighted by atomic mass is 32.2. The molecule has 0 bridgehead atoms. The molecule has 4 N–H and O–H groups in total. The fraction of sp³-hybridized carbons (Fsp3) is 0.300. The molecule has 1 aromatic heterocycles.